The molecule has 1 N–H and O–H groups in total. The Morgan fingerprint density at radius 3 is 2.45 bits per heavy atom. The monoisotopic (exact) mass is 276 g/mol. The van der Waals surface area contributed by atoms with E-state index in [-0.39, 0.29) is 18.0 Å². The molecule has 5 heteroatoms. The number of rotatable bonds is 6. The van der Waals surface area contributed by atoms with Crippen LogP contribution < -0.4 is 10.1 Å². The van der Waals surface area contributed by atoms with Gasteiger partial charge in [-0.2, -0.15) is 0 Å². The van der Waals surface area contributed by atoms with Crippen LogP contribution in [0.3, 0.4) is 0 Å². The fraction of sp³-hybridized carbons (Fsp3) is 0.467. The van der Waals surface area contributed by atoms with Crippen molar-refractivity contribution in [3.63, 3.8) is 0 Å². The van der Waals surface area contributed by atoms with Gasteiger partial charge in [0.1, 0.15) is 11.8 Å². The van der Waals surface area contributed by atoms with E-state index in [1.165, 1.54) is 4.90 Å². The summed E-state index contributed by atoms with van der Waals surface area (Å²) >= 11 is 0. The highest BCUT2D eigenvalue weighted by molar-refractivity contribution is 6.04. The number of benzene rings is 1. The molecule has 5 nitrogen and oxygen atoms in total. The molecule has 0 radical (unpaired) electrons. The summed E-state index contributed by atoms with van der Waals surface area (Å²) in [5.74, 6) is 0.656. The Morgan fingerprint density at radius 1 is 1.20 bits per heavy atom. The molecular weight excluding hydrogens is 256 g/mol. The van der Waals surface area contributed by atoms with Crippen molar-refractivity contribution in [1.82, 2.24) is 10.2 Å². The Bertz CT molecular complexity index is 484. The molecule has 0 bridgehead atoms. The van der Waals surface area contributed by atoms with Gasteiger partial charge in [0.25, 0.3) is 5.91 Å². The lowest BCUT2D eigenvalue weighted by molar-refractivity contribution is -0.127. The summed E-state index contributed by atoms with van der Waals surface area (Å²) < 4.78 is 5.50. The fourth-order valence-corrected chi connectivity index (χ4v) is 2.10. The van der Waals surface area contributed by atoms with E-state index < -0.39 is 0 Å². The number of amides is 3. The Kier molecular flexibility index (Phi) is 4.61. The number of hydrogen-bond acceptors (Lipinski definition) is 3. The van der Waals surface area contributed by atoms with Crippen LogP contribution in [0.2, 0.25) is 0 Å². The first-order valence-corrected chi connectivity index (χ1v) is 6.99. The second-order valence-electron chi connectivity index (χ2n) is 4.83. The number of carbonyl (C=O) groups is 2. The SMILES string of the molecule is CCCOc1ccc(CN2C(=O)NC(CC)C2=O)cc1. The van der Waals surface area contributed by atoms with Gasteiger partial charge in [-0.05, 0) is 30.5 Å². The molecule has 0 saturated carbocycles. The third-order valence-electron chi connectivity index (χ3n) is 3.25. The summed E-state index contributed by atoms with van der Waals surface area (Å²) in [5.41, 5.74) is 0.911. The Hall–Kier alpha value is -2.04. The average Bonchev–Trinajstić information content (AvgIpc) is 2.74. The van der Waals surface area contributed by atoms with E-state index in [0.717, 1.165) is 17.7 Å². The fourth-order valence-electron chi connectivity index (χ4n) is 2.10. The zero-order valence-electron chi connectivity index (χ0n) is 11.9. The van der Waals surface area contributed by atoms with Crippen LogP contribution in [-0.4, -0.2) is 29.5 Å². The number of carbonyl (C=O) groups excluding carboxylic acids is 2. The molecule has 1 aromatic rings. The number of imide groups is 1. The smallest absolute Gasteiger partial charge is 0.325 e. The third-order valence-corrected chi connectivity index (χ3v) is 3.25. The molecule has 1 fully saturated rings. The lowest BCUT2D eigenvalue weighted by atomic mass is 10.2. The van der Waals surface area contributed by atoms with Gasteiger partial charge >= 0.3 is 6.03 Å². The zero-order valence-corrected chi connectivity index (χ0v) is 11.9. The maximum Gasteiger partial charge on any atom is 0.325 e. The Labute approximate surface area is 118 Å². The molecule has 108 valence electrons. The van der Waals surface area contributed by atoms with E-state index in [9.17, 15) is 9.59 Å². The molecule has 1 saturated heterocycles. The highest BCUT2D eigenvalue weighted by Crippen LogP contribution is 2.17. The molecule has 2 rings (SSSR count). The predicted octanol–water partition coefficient (Wildman–Crippen LogP) is 2.31. The summed E-state index contributed by atoms with van der Waals surface area (Å²) in [5, 5.41) is 2.68. The van der Waals surface area contributed by atoms with Gasteiger partial charge in [-0.15, -0.1) is 0 Å². The number of nitrogens with one attached hydrogen (secondary N) is 1. The number of hydrogen-bond donors (Lipinski definition) is 1. The largest absolute Gasteiger partial charge is 0.494 e. The summed E-state index contributed by atoms with van der Waals surface area (Å²) in [7, 11) is 0. The van der Waals surface area contributed by atoms with Crippen LogP contribution in [0.15, 0.2) is 24.3 Å². The maximum absolute atomic E-state index is 12.0. The van der Waals surface area contributed by atoms with Gasteiger partial charge in [-0.3, -0.25) is 9.69 Å². The minimum atomic E-state index is -0.380. The van der Waals surface area contributed by atoms with Gasteiger partial charge in [0.2, 0.25) is 0 Å². The van der Waals surface area contributed by atoms with E-state index in [4.69, 9.17) is 4.74 Å². The minimum absolute atomic E-state index is 0.149. The molecule has 3 amide bonds. The van der Waals surface area contributed by atoms with Crippen LogP contribution in [0.4, 0.5) is 4.79 Å². The maximum atomic E-state index is 12.0. The topological polar surface area (TPSA) is 58.6 Å². The van der Waals surface area contributed by atoms with Crippen LogP contribution in [0, 0.1) is 0 Å². The summed E-state index contributed by atoms with van der Waals surface area (Å²) in [6, 6.07) is 6.79. The molecule has 1 aromatic carbocycles. The number of nitrogens with zero attached hydrogens (tertiary/aromatic N) is 1. The van der Waals surface area contributed by atoms with Crippen molar-refractivity contribution in [3.05, 3.63) is 29.8 Å². The second kappa shape index (κ2) is 6.41. The van der Waals surface area contributed by atoms with E-state index >= 15 is 0 Å². The van der Waals surface area contributed by atoms with E-state index in [2.05, 4.69) is 12.2 Å². The van der Waals surface area contributed by atoms with Crippen molar-refractivity contribution in [2.24, 2.45) is 0 Å². The van der Waals surface area contributed by atoms with Crippen molar-refractivity contribution < 1.29 is 14.3 Å². The lowest BCUT2D eigenvalue weighted by Gasteiger charge is -2.13. The van der Waals surface area contributed by atoms with Gasteiger partial charge in [0.15, 0.2) is 0 Å². The van der Waals surface area contributed by atoms with E-state index in [1.807, 2.05) is 31.2 Å². The van der Waals surface area contributed by atoms with Gasteiger partial charge in [-0.25, -0.2) is 4.79 Å². The van der Waals surface area contributed by atoms with E-state index in [1.54, 1.807) is 0 Å². The minimum Gasteiger partial charge on any atom is -0.494 e. The Balaban J connectivity index is 1.99. The van der Waals surface area contributed by atoms with Crippen molar-refractivity contribution in [2.75, 3.05) is 6.61 Å². The molecule has 1 unspecified atom stereocenters. The van der Waals surface area contributed by atoms with Crippen molar-refractivity contribution >= 4 is 11.9 Å². The van der Waals surface area contributed by atoms with Crippen LogP contribution in [0.25, 0.3) is 0 Å². The summed E-state index contributed by atoms with van der Waals surface area (Å²) in [6.45, 7) is 4.92. The predicted molar refractivity (Wildman–Crippen MR) is 75.4 cm³/mol. The molecule has 0 aromatic heterocycles. The molecule has 0 spiro atoms. The van der Waals surface area contributed by atoms with Gasteiger partial charge in [0.05, 0.1) is 13.2 Å². The summed E-state index contributed by atoms with van der Waals surface area (Å²) in [6.07, 6.45) is 1.58. The number of urea groups is 1. The molecule has 1 aliphatic rings. The van der Waals surface area contributed by atoms with Crippen molar-refractivity contribution in [1.29, 1.82) is 0 Å². The van der Waals surface area contributed by atoms with Crippen LogP contribution in [0.1, 0.15) is 32.3 Å². The number of ether oxygens (including phenoxy) is 1. The van der Waals surface area contributed by atoms with Gasteiger partial charge < -0.3 is 10.1 Å². The average molecular weight is 276 g/mol. The molecule has 1 heterocycles. The highest BCUT2D eigenvalue weighted by atomic mass is 16.5. The van der Waals surface area contributed by atoms with Gasteiger partial charge in [0, 0.05) is 0 Å². The quantitative estimate of drug-likeness (QED) is 0.811. The standard InChI is InChI=1S/C15H20N2O3/c1-3-9-20-12-7-5-11(6-8-12)10-17-14(18)13(4-2)16-15(17)19/h5-8,13H,3-4,9-10H2,1-2H3,(H,16,19). The summed E-state index contributed by atoms with van der Waals surface area (Å²) in [4.78, 5) is 25.0. The molecule has 1 atom stereocenters. The first kappa shape index (κ1) is 14.4. The van der Waals surface area contributed by atoms with Crippen LogP contribution >= 0.6 is 0 Å². The van der Waals surface area contributed by atoms with Crippen molar-refractivity contribution in [2.45, 2.75) is 39.3 Å². The molecule has 0 aliphatic carbocycles. The molecular formula is C15H20N2O3. The Morgan fingerprint density at radius 2 is 1.90 bits per heavy atom. The first-order valence-electron chi connectivity index (χ1n) is 6.99. The van der Waals surface area contributed by atoms with Crippen LogP contribution in [0.5, 0.6) is 5.75 Å². The lowest BCUT2D eigenvalue weighted by Crippen LogP contribution is -2.30. The van der Waals surface area contributed by atoms with Crippen LogP contribution in [-0.2, 0) is 11.3 Å². The highest BCUT2D eigenvalue weighted by Gasteiger charge is 2.36. The third kappa shape index (κ3) is 3.10. The van der Waals surface area contributed by atoms with Gasteiger partial charge in [-0.1, -0.05) is 26.0 Å². The normalized spacial score (nSPS) is 18.3. The zero-order chi connectivity index (χ0) is 14.5. The van der Waals surface area contributed by atoms with E-state index in [0.29, 0.717) is 19.6 Å². The van der Waals surface area contributed by atoms with Crippen molar-refractivity contribution in [3.8, 4) is 5.75 Å². The molecule has 1 aliphatic heterocycles. The second-order valence-corrected chi connectivity index (χ2v) is 4.83. The first-order chi connectivity index (χ1) is 9.65. The molecule has 20 heavy (non-hydrogen) atoms.